The fraction of sp³-hybridized carbons (Fsp3) is 1.00. The van der Waals surface area contributed by atoms with E-state index in [9.17, 15) is 0 Å². The Morgan fingerprint density at radius 1 is 0.697 bits per heavy atom. The molecule has 0 aliphatic heterocycles. The molecule has 0 N–H and O–H groups in total. The topological polar surface area (TPSA) is 0 Å². The first kappa shape index (κ1) is 22.4. The van der Waals surface area contributed by atoms with Gasteiger partial charge in [-0.1, -0.05) is 0 Å². The van der Waals surface area contributed by atoms with E-state index in [1.807, 2.05) is 0 Å². The van der Waals surface area contributed by atoms with Gasteiger partial charge >= 0.3 is 0 Å². The van der Waals surface area contributed by atoms with E-state index >= 15 is 0 Å². The van der Waals surface area contributed by atoms with Crippen molar-refractivity contribution in [1.82, 2.24) is 0 Å². The average molecular weight is 521 g/mol. The maximum atomic E-state index is 4.80. The molecule has 8 rings (SSSR count). The number of thiol groups is 2. The molecule has 0 nitrogen and oxygen atoms in total. The standard InChI is InChI=1S/C29H44S4/c30-4-1-19-10-23-26(12-21-14-28(19,21)23)33-27-13-22-15-29(22)20(11-24(27)29)3-6-32-5-2-16-7-18-8-17(16)9-25(18)31/h16-27,30-31H,1-15H2. The normalized spacial score (nSPS) is 60.5. The predicted octanol–water partition coefficient (Wildman–Crippen LogP) is 7.73. The van der Waals surface area contributed by atoms with Crippen molar-refractivity contribution in [3.63, 3.8) is 0 Å². The van der Waals surface area contributed by atoms with E-state index in [0.29, 0.717) is 0 Å². The van der Waals surface area contributed by atoms with E-state index in [-0.39, 0.29) is 0 Å². The highest BCUT2D eigenvalue weighted by molar-refractivity contribution is 8.00. The van der Waals surface area contributed by atoms with Crippen LogP contribution >= 0.6 is 48.8 Å². The Bertz CT molecular complexity index is 798. The molecule has 2 bridgehead atoms. The van der Waals surface area contributed by atoms with Gasteiger partial charge in [-0.2, -0.15) is 48.8 Å². The maximum Gasteiger partial charge on any atom is 0.00866 e. The van der Waals surface area contributed by atoms with Crippen LogP contribution in [0.3, 0.4) is 0 Å². The molecule has 33 heavy (non-hydrogen) atoms. The van der Waals surface area contributed by atoms with Gasteiger partial charge in [-0.3, -0.25) is 0 Å². The molecule has 0 amide bonds. The second-order valence-corrected chi connectivity index (χ2v) is 17.9. The van der Waals surface area contributed by atoms with Crippen molar-refractivity contribution < 1.29 is 0 Å². The molecule has 0 aromatic rings. The number of hydrogen-bond acceptors (Lipinski definition) is 4. The molecule has 184 valence electrons. The summed E-state index contributed by atoms with van der Waals surface area (Å²) in [6.07, 6.45) is 18.5. The second kappa shape index (κ2) is 7.95. The Labute approximate surface area is 221 Å². The molecule has 14 atom stereocenters. The van der Waals surface area contributed by atoms with E-state index in [1.165, 1.54) is 43.6 Å². The molecule has 8 fully saturated rings. The summed E-state index contributed by atoms with van der Waals surface area (Å²) >= 11 is 14.2. The molecule has 4 heteroatoms. The average Bonchev–Trinajstić information content (AvgIpc) is 3.57. The minimum atomic E-state index is 0.744. The fourth-order valence-corrected chi connectivity index (χ4v) is 15.8. The summed E-state index contributed by atoms with van der Waals surface area (Å²) in [7, 11) is 0. The van der Waals surface area contributed by atoms with Crippen LogP contribution in [0.4, 0.5) is 0 Å². The number of rotatable bonds is 10. The molecule has 0 heterocycles. The van der Waals surface area contributed by atoms with Crippen LogP contribution < -0.4 is 0 Å². The first-order chi connectivity index (χ1) is 16.1. The van der Waals surface area contributed by atoms with Gasteiger partial charge in [-0.05, 0) is 158 Å². The summed E-state index contributed by atoms with van der Waals surface area (Å²) in [6, 6.07) is 0. The molecule has 0 aromatic carbocycles. The van der Waals surface area contributed by atoms with Crippen molar-refractivity contribution in [2.24, 2.45) is 64.1 Å². The van der Waals surface area contributed by atoms with Gasteiger partial charge in [0.1, 0.15) is 0 Å². The summed E-state index contributed by atoms with van der Waals surface area (Å²) in [4.78, 5) is 0. The molecule has 8 aliphatic carbocycles. The quantitative estimate of drug-likeness (QED) is 0.223. The van der Waals surface area contributed by atoms with Gasteiger partial charge in [0.25, 0.3) is 0 Å². The lowest BCUT2D eigenvalue weighted by atomic mass is 9.61. The number of thioether (sulfide) groups is 2. The minimum Gasteiger partial charge on any atom is -0.179 e. The Balaban J connectivity index is 0.785. The molecule has 0 aromatic heterocycles. The Kier molecular flexibility index (Phi) is 5.40. The third-order valence-corrected chi connectivity index (χ3v) is 17.0. The largest absolute Gasteiger partial charge is 0.179 e. The molecule has 8 aliphatic rings. The third kappa shape index (κ3) is 3.14. The highest BCUT2D eigenvalue weighted by Gasteiger charge is 2.77. The fourth-order valence-electron chi connectivity index (χ4n) is 11.6. The molecular formula is C29H44S4. The monoisotopic (exact) mass is 520 g/mol. The molecule has 0 radical (unpaired) electrons. The lowest BCUT2D eigenvalue weighted by Crippen LogP contribution is -2.44. The van der Waals surface area contributed by atoms with Crippen LogP contribution in [0.15, 0.2) is 0 Å². The van der Waals surface area contributed by atoms with Crippen molar-refractivity contribution in [2.75, 3.05) is 17.3 Å². The Morgan fingerprint density at radius 3 is 1.97 bits per heavy atom. The highest BCUT2D eigenvalue weighted by Crippen LogP contribution is 2.84. The van der Waals surface area contributed by atoms with E-state index < -0.39 is 0 Å². The van der Waals surface area contributed by atoms with Crippen molar-refractivity contribution in [1.29, 1.82) is 0 Å². The van der Waals surface area contributed by atoms with E-state index in [0.717, 1.165) is 85.6 Å². The lowest BCUT2D eigenvalue weighted by Gasteiger charge is -2.50. The van der Waals surface area contributed by atoms with Crippen LogP contribution in [0.2, 0.25) is 0 Å². The Morgan fingerprint density at radius 2 is 1.36 bits per heavy atom. The zero-order chi connectivity index (χ0) is 21.9. The molecular weight excluding hydrogens is 477 g/mol. The summed E-state index contributed by atoms with van der Waals surface area (Å²) in [5, 5.41) is 2.86. The van der Waals surface area contributed by atoms with Crippen LogP contribution in [-0.2, 0) is 0 Å². The smallest absolute Gasteiger partial charge is 0.00866 e. The van der Waals surface area contributed by atoms with Crippen LogP contribution in [0.25, 0.3) is 0 Å². The zero-order valence-electron chi connectivity index (χ0n) is 20.2. The summed E-state index contributed by atoms with van der Waals surface area (Å²) in [5.41, 5.74) is 1.73. The van der Waals surface area contributed by atoms with Crippen molar-refractivity contribution in [3.05, 3.63) is 0 Å². The molecule has 8 saturated carbocycles. The van der Waals surface area contributed by atoms with Gasteiger partial charge in [-0.25, -0.2) is 0 Å². The SMILES string of the molecule is SCCC1CC2C(SC3CC4CC45C(CCSCCC4CC6CC4CC6S)CC35)CC3CC132. The van der Waals surface area contributed by atoms with Crippen molar-refractivity contribution in [3.8, 4) is 0 Å². The van der Waals surface area contributed by atoms with E-state index in [4.69, 9.17) is 12.6 Å². The summed E-state index contributed by atoms with van der Waals surface area (Å²) in [5.74, 6) is 13.8. The molecule has 0 saturated heterocycles. The molecule has 2 spiro atoms. The lowest BCUT2D eigenvalue weighted by molar-refractivity contribution is 0.0529. The van der Waals surface area contributed by atoms with Gasteiger partial charge < -0.3 is 0 Å². The maximum absolute atomic E-state index is 4.80. The first-order valence-electron chi connectivity index (χ1n) is 14.7. The minimum absolute atomic E-state index is 0.744. The summed E-state index contributed by atoms with van der Waals surface area (Å²) in [6.45, 7) is 0. The van der Waals surface area contributed by atoms with Crippen molar-refractivity contribution >= 4 is 48.8 Å². The van der Waals surface area contributed by atoms with Crippen LogP contribution in [0.1, 0.15) is 77.0 Å². The van der Waals surface area contributed by atoms with Crippen LogP contribution in [0, 0.1) is 64.1 Å². The van der Waals surface area contributed by atoms with Crippen molar-refractivity contribution in [2.45, 2.75) is 92.8 Å². The second-order valence-electron chi connectivity index (χ2n) is 14.0. The zero-order valence-corrected chi connectivity index (χ0v) is 23.7. The van der Waals surface area contributed by atoms with E-state index in [1.54, 1.807) is 44.9 Å². The van der Waals surface area contributed by atoms with Gasteiger partial charge in [0.2, 0.25) is 0 Å². The van der Waals surface area contributed by atoms with Gasteiger partial charge in [0, 0.05) is 15.7 Å². The van der Waals surface area contributed by atoms with Crippen LogP contribution in [0.5, 0.6) is 0 Å². The van der Waals surface area contributed by atoms with E-state index in [2.05, 4.69) is 36.2 Å². The number of fused-ring (bicyclic) bond motifs is 2. The third-order valence-electron chi connectivity index (χ3n) is 13.3. The van der Waals surface area contributed by atoms with Crippen LogP contribution in [-0.4, -0.2) is 33.0 Å². The van der Waals surface area contributed by atoms with Gasteiger partial charge in [-0.15, -0.1) is 0 Å². The Hall–Kier alpha value is 1.40. The number of hydrogen-bond donors (Lipinski definition) is 2. The predicted molar refractivity (Wildman–Crippen MR) is 151 cm³/mol. The summed E-state index contributed by atoms with van der Waals surface area (Å²) < 4.78 is 0. The highest BCUT2D eigenvalue weighted by atomic mass is 32.2. The van der Waals surface area contributed by atoms with Gasteiger partial charge in [0.05, 0.1) is 0 Å². The molecule has 14 unspecified atom stereocenters. The van der Waals surface area contributed by atoms with Gasteiger partial charge in [0.15, 0.2) is 0 Å². The first-order valence-corrected chi connectivity index (χ1v) is 17.9.